The summed E-state index contributed by atoms with van der Waals surface area (Å²) in [7, 11) is 1.61. The number of hydrogen-bond donors (Lipinski definition) is 3. The molecule has 3 rings (SSSR count). The normalized spacial score (nSPS) is 32.0. The number of carbonyl (C=O) groups is 1. The standard InChI is InChI=1S/C16H21NO4/c1-21-11-6-4-9(5-7-11)12-8-13(18)15(19)14(12)17-16(20)10-2-3-10/h4-7,10,12-15,18-19H,2-3,8H2,1H3,(H,17,20)/t12-,13-,14-,15-/m1/s1. The van der Waals surface area contributed by atoms with E-state index in [1.165, 1.54) is 0 Å². The Labute approximate surface area is 123 Å². The lowest BCUT2D eigenvalue weighted by molar-refractivity contribution is -0.124. The highest BCUT2D eigenvalue weighted by molar-refractivity contribution is 5.81. The first-order chi connectivity index (χ1) is 10.1. The number of nitrogens with one attached hydrogen (secondary N) is 1. The molecule has 0 heterocycles. The molecule has 5 heteroatoms. The topological polar surface area (TPSA) is 78.8 Å². The Morgan fingerprint density at radius 1 is 1.24 bits per heavy atom. The van der Waals surface area contributed by atoms with Gasteiger partial charge in [-0.1, -0.05) is 12.1 Å². The van der Waals surface area contributed by atoms with Gasteiger partial charge in [0, 0.05) is 11.8 Å². The maximum absolute atomic E-state index is 12.0. The predicted molar refractivity (Wildman–Crippen MR) is 77.0 cm³/mol. The van der Waals surface area contributed by atoms with Gasteiger partial charge in [-0.3, -0.25) is 4.79 Å². The van der Waals surface area contributed by atoms with Crippen LogP contribution >= 0.6 is 0 Å². The van der Waals surface area contributed by atoms with Crippen LogP contribution in [-0.2, 0) is 4.79 Å². The third kappa shape index (κ3) is 2.89. The molecule has 4 atom stereocenters. The smallest absolute Gasteiger partial charge is 0.223 e. The van der Waals surface area contributed by atoms with Crippen LogP contribution in [0.1, 0.15) is 30.7 Å². The summed E-state index contributed by atoms with van der Waals surface area (Å²) in [5.41, 5.74) is 0.993. The third-order valence-corrected chi connectivity index (χ3v) is 4.49. The van der Waals surface area contributed by atoms with Crippen molar-refractivity contribution in [1.82, 2.24) is 5.32 Å². The average molecular weight is 291 g/mol. The Hall–Kier alpha value is -1.59. The predicted octanol–water partition coefficient (Wildman–Crippen LogP) is 0.799. The minimum atomic E-state index is -0.917. The van der Waals surface area contributed by atoms with Gasteiger partial charge in [-0.05, 0) is 37.0 Å². The van der Waals surface area contributed by atoms with Crippen molar-refractivity contribution in [2.45, 2.75) is 43.4 Å². The number of hydrogen-bond acceptors (Lipinski definition) is 4. The van der Waals surface area contributed by atoms with E-state index >= 15 is 0 Å². The van der Waals surface area contributed by atoms with Crippen molar-refractivity contribution in [1.29, 1.82) is 0 Å². The molecule has 1 aromatic carbocycles. The molecule has 3 N–H and O–H groups in total. The highest BCUT2D eigenvalue weighted by atomic mass is 16.5. The number of ether oxygens (including phenoxy) is 1. The molecule has 0 unspecified atom stereocenters. The molecule has 2 aliphatic carbocycles. The molecule has 1 aromatic rings. The van der Waals surface area contributed by atoms with E-state index in [0.29, 0.717) is 6.42 Å². The second-order valence-corrected chi connectivity index (χ2v) is 5.98. The minimum Gasteiger partial charge on any atom is -0.497 e. The van der Waals surface area contributed by atoms with Gasteiger partial charge < -0.3 is 20.3 Å². The van der Waals surface area contributed by atoms with Crippen LogP contribution in [0.2, 0.25) is 0 Å². The van der Waals surface area contributed by atoms with Crippen LogP contribution in [0.25, 0.3) is 0 Å². The molecule has 21 heavy (non-hydrogen) atoms. The van der Waals surface area contributed by atoms with Gasteiger partial charge in [0.2, 0.25) is 5.91 Å². The van der Waals surface area contributed by atoms with Crippen molar-refractivity contribution in [2.75, 3.05) is 7.11 Å². The van der Waals surface area contributed by atoms with Crippen LogP contribution in [-0.4, -0.2) is 41.5 Å². The summed E-state index contributed by atoms with van der Waals surface area (Å²) in [4.78, 5) is 12.0. The monoisotopic (exact) mass is 291 g/mol. The maximum Gasteiger partial charge on any atom is 0.223 e. The van der Waals surface area contributed by atoms with Crippen molar-refractivity contribution < 1.29 is 19.7 Å². The van der Waals surface area contributed by atoms with Gasteiger partial charge in [0.25, 0.3) is 0 Å². The second kappa shape index (κ2) is 5.66. The van der Waals surface area contributed by atoms with Crippen molar-refractivity contribution in [3.8, 4) is 5.75 Å². The van der Waals surface area contributed by atoms with E-state index in [1.807, 2.05) is 24.3 Å². The highest BCUT2D eigenvalue weighted by Crippen LogP contribution is 2.37. The summed E-state index contributed by atoms with van der Waals surface area (Å²) in [6, 6.07) is 7.12. The number of benzene rings is 1. The molecular weight excluding hydrogens is 270 g/mol. The lowest BCUT2D eigenvalue weighted by atomic mass is 9.93. The van der Waals surface area contributed by atoms with E-state index in [0.717, 1.165) is 24.2 Å². The zero-order valence-electron chi connectivity index (χ0n) is 12.0. The van der Waals surface area contributed by atoms with Crippen LogP contribution in [0.15, 0.2) is 24.3 Å². The average Bonchev–Trinajstić information content (AvgIpc) is 3.31. The number of rotatable bonds is 4. The highest BCUT2D eigenvalue weighted by Gasteiger charge is 2.44. The molecule has 2 saturated carbocycles. The van der Waals surface area contributed by atoms with Crippen LogP contribution < -0.4 is 10.1 Å². The van der Waals surface area contributed by atoms with Crippen LogP contribution in [0.4, 0.5) is 0 Å². The van der Waals surface area contributed by atoms with Crippen molar-refractivity contribution in [3.05, 3.63) is 29.8 Å². The Bertz CT molecular complexity index is 512. The van der Waals surface area contributed by atoms with Gasteiger partial charge in [0.15, 0.2) is 0 Å². The van der Waals surface area contributed by atoms with Crippen LogP contribution in [0.5, 0.6) is 5.75 Å². The Morgan fingerprint density at radius 3 is 2.48 bits per heavy atom. The van der Waals surface area contributed by atoms with E-state index in [9.17, 15) is 15.0 Å². The van der Waals surface area contributed by atoms with E-state index in [2.05, 4.69) is 5.32 Å². The first kappa shape index (κ1) is 14.4. The number of aliphatic hydroxyl groups is 2. The molecule has 0 saturated heterocycles. The third-order valence-electron chi connectivity index (χ3n) is 4.49. The lowest BCUT2D eigenvalue weighted by Gasteiger charge is -2.24. The number of carbonyl (C=O) groups excluding carboxylic acids is 1. The van der Waals surface area contributed by atoms with Gasteiger partial charge in [-0.2, -0.15) is 0 Å². The molecule has 114 valence electrons. The summed E-state index contributed by atoms with van der Waals surface area (Å²) in [5.74, 6) is 0.762. The zero-order chi connectivity index (χ0) is 15.0. The number of amides is 1. The molecule has 0 aromatic heterocycles. The molecule has 0 radical (unpaired) electrons. The summed E-state index contributed by atoms with van der Waals surface area (Å²) in [6.07, 6.45) is 0.569. The first-order valence-corrected chi connectivity index (χ1v) is 7.40. The Morgan fingerprint density at radius 2 is 1.90 bits per heavy atom. The molecule has 2 fully saturated rings. The van der Waals surface area contributed by atoms with E-state index in [-0.39, 0.29) is 17.7 Å². The Balaban J connectivity index is 1.78. The molecular formula is C16H21NO4. The summed E-state index contributed by atoms with van der Waals surface area (Å²) in [5, 5.41) is 23.0. The lowest BCUT2D eigenvalue weighted by Crippen LogP contribution is -2.45. The fourth-order valence-electron chi connectivity index (χ4n) is 3.03. The fourth-order valence-corrected chi connectivity index (χ4v) is 3.03. The molecule has 0 aliphatic heterocycles. The number of aliphatic hydroxyl groups excluding tert-OH is 2. The van der Waals surface area contributed by atoms with Gasteiger partial charge in [-0.15, -0.1) is 0 Å². The maximum atomic E-state index is 12.0. The van der Waals surface area contributed by atoms with Gasteiger partial charge in [0.05, 0.1) is 19.3 Å². The van der Waals surface area contributed by atoms with Crippen molar-refractivity contribution in [3.63, 3.8) is 0 Å². The quantitative estimate of drug-likeness (QED) is 0.766. The fraction of sp³-hybridized carbons (Fsp3) is 0.562. The molecule has 5 nitrogen and oxygen atoms in total. The van der Waals surface area contributed by atoms with Gasteiger partial charge in [-0.25, -0.2) is 0 Å². The molecule has 0 bridgehead atoms. The summed E-state index contributed by atoms with van der Waals surface area (Å²) >= 11 is 0. The Kier molecular flexibility index (Phi) is 3.87. The SMILES string of the molecule is COc1ccc([C@H]2C[C@@H](O)[C@@H](O)[C@@H]2NC(=O)C2CC2)cc1. The van der Waals surface area contributed by atoms with E-state index in [4.69, 9.17) is 4.74 Å². The molecule has 1 amide bonds. The van der Waals surface area contributed by atoms with Crippen LogP contribution in [0, 0.1) is 5.92 Å². The summed E-state index contributed by atoms with van der Waals surface area (Å²) in [6.45, 7) is 0. The van der Waals surface area contributed by atoms with E-state index in [1.54, 1.807) is 7.11 Å². The van der Waals surface area contributed by atoms with Gasteiger partial charge in [0.1, 0.15) is 11.9 Å². The van der Waals surface area contributed by atoms with Gasteiger partial charge >= 0.3 is 0 Å². The molecule has 2 aliphatic rings. The second-order valence-electron chi connectivity index (χ2n) is 5.98. The number of methoxy groups -OCH3 is 1. The van der Waals surface area contributed by atoms with Crippen molar-refractivity contribution in [2.24, 2.45) is 5.92 Å². The molecule has 0 spiro atoms. The van der Waals surface area contributed by atoms with Crippen LogP contribution in [0.3, 0.4) is 0 Å². The first-order valence-electron chi connectivity index (χ1n) is 7.40. The summed E-state index contributed by atoms with van der Waals surface area (Å²) < 4.78 is 5.14. The van der Waals surface area contributed by atoms with Crippen molar-refractivity contribution >= 4 is 5.91 Å². The zero-order valence-corrected chi connectivity index (χ0v) is 12.0. The minimum absolute atomic E-state index is 0.00772. The van der Waals surface area contributed by atoms with E-state index < -0.39 is 18.2 Å². The largest absolute Gasteiger partial charge is 0.497 e.